The molecule has 1 saturated heterocycles. The van der Waals surface area contributed by atoms with Crippen LogP contribution in [-0.4, -0.2) is 55.4 Å². The number of ketones is 1. The number of likely N-dealkylation sites (N-methyl/N-ethyl adjacent to an activating group) is 1. The molecule has 2 fully saturated rings. The van der Waals surface area contributed by atoms with Crippen LogP contribution in [0.2, 0.25) is 0 Å². The molecule has 0 bridgehead atoms. The molecule has 1 aliphatic carbocycles. The van der Waals surface area contributed by atoms with Gasteiger partial charge >= 0.3 is 0 Å². The van der Waals surface area contributed by atoms with E-state index in [0.29, 0.717) is 11.7 Å². The number of rotatable bonds is 6. The molecule has 2 aliphatic rings. The van der Waals surface area contributed by atoms with Crippen LogP contribution in [0.1, 0.15) is 46.0 Å². The van der Waals surface area contributed by atoms with Gasteiger partial charge in [0.15, 0.2) is 0 Å². The highest BCUT2D eigenvalue weighted by molar-refractivity contribution is 5.81. The molecule has 20 heavy (non-hydrogen) atoms. The van der Waals surface area contributed by atoms with Gasteiger partial charge in [-0.3, -0.25) is 4.79 Å². The standard InChI is InChI=1S/C17H32N2O/c1-14(2)15-6-7-17(20)16(12-15)13-18(3)10-11-19-8-4-5-9-19/h14-16H,4-13H2,1-3H3. The average molecular weight is 280 g/mol. The smallest absolute Gasteiger partial charge is 0.137 e. The maximum absolute atomic E-state index is 12.1. The summed E-state index contributed by atoms with van der Waals surface area (Å²) < 4.78 is 0. The van der Waals surface area contributed by atoms with Gasteiger partial charge in [-0.15, -0.1) is 0 Å². The minimum Gasteiger partial charge on any atom is -0.304 e. The van der Waals surface area contributed by atoms with Crippen molar-refractivity contribution in [1.29, 1.82) is 0 Å². The van der Waals surface area contributed by atoms with Gasteiger partial charge in [-0.05, 0) is 57.7 Å². The zero-order valence-electron chi connectivity index (χ0n) is 13.6. The fourth-order valence-electron chi connectivity index (χ4n) is 3.71. The van der Waals surface area contributed by atoms with E-state index in [1.54, 1.807) is 0 Å². The van der Waals surface area contributed by atoms with Crippen molar-refractivity contribution in [2.24, 2.45) is 17.8 Å². The van der Waals surface area contributed by atoms with E-state index in [9.17, 15) is 4.79 Å². The summed E-state index contributed by atoms with van der Waals surface area (Å²) >= 11 is 0. The first-order valence-electron chi connectivity index (χ1n) is 8.50. The molecule has 3 heteroatoms. The van der Waals surface area contributed by atoms with Gasteiger partial charge in [0.05, 0.1) is 0 Å². The minimum atomic E-state index is 0.291. The van der Waals surface area contributed by atoms with E-state index in [4.69, 9.17) is 0 Å². The summed E-state index contributed by atoms with van der Waals surface area (Å²) in [5.74, 6) is 2.28. The Labute approximate surface area is 124 Å². The summed E-state index contributed by atoms with van der Waals surface area (Å²) in [7, 11) is 2.18. The van der Waals surface area contributed by atoms with E-state index in [0.717, 1.165) is 44.2 Å². The summed E-state index contributed by atoms with van der Waals surface area (Å²) in [5.41, 5.74) is 0. The van der Waals surface area contributed by atoms with Crippen LogP contribution in [0.5, 0.6) is 0 Å². The Kier molecular flexibility index (Phi) is 6.03. The maximum atomic E-state index is 12.1. The second-order valence-electron chi connectivity index (χ2n) is 7.25. The van der Waals surface area contributed by atoms with Crippen LogP contribution in [-0.2, 0) is 4.79 Å². The van der Waals surface area contributed by atoms with E-state index < -0.39 is 0 Å². The van der Waals surface area contributed by atoms with E-state index in [1.807, 2.05) is 0 Å². The molecule has 0 amide bonds. The van der Waals surface area contributed by atoms with Gasteiger partial charge in [0.2, 0.25) is 0 Å². The molecule has 1 aliphatic heterocycles. The molecule has 0 aromatic rings. The summed E-state index contributed by atoms with van der Waals surface area (Å²) in [6.07, 6.45) is 5.77. The van der Waals surface area contributed by atoms with Crippen molar-refractivity contribution in [1.82, 2.24) is 9.80 Å². The average Bonchev–Trinajstić information content (AvgIpc) is 2.92. The van der Waals surface area contributed by atoms with E-state index >= 15 is 0 Å². The predicted octanol–water partition coefficient (Wildman–Crippen LogP) is 2.66. The molecule has 2 unspecified atom stereocenters. The number of hydrogen-bond acceptors (Lipinski definition) is 3. The lowest BCUT2D eigenvalue weighted by Gasteiger charge is -2.33. The zero-order valence-corrected chi connectivity index (χ0v) is 13.6. The first kappa shape index (κ1) is 16.0. The van der Waals surface area contributed by atoms with Gasteiger partial charge in [-0.1, -0.05) is 13.8 Å². The lowest BCUT2D eigenvalue weighted by atomic mass is 9.75. The number of nitrogens with zero attached hydrogens (tertiary/aromatic N) is 2. The van der Waals surface area contributed by atoms with Crippen molar-refractivity contribution in [3.8, 4) is 0 Å². The normalized spacial score (nSPS) is 28.8. The highest BCUT2D eigenvalue weighted by Crippen LogP contribution is 2.31. The number of carbonyl (C=O) groups is 1. The number of hydrogen-bond donors (Lipinski definition) is 0. The highest BCUT2D eigenvalue weighted by atomic mass is 16.1. The SMILES string of the molecule is CC(C)C1CCC(=O)C(CN(C)CCN2CCCC2)C1. The van der Waals surface area contributed by atoms with Gasteiger partial charge in [0.25, 0.3) is 0 Å². The van der Waals surface area contributed by atoms with E-state index in [2.05, 4.69) is 30.7 Å². The summed E-state index contributed by atoms with van der Waals surface area (Å²) in [6, 6.07) is 0. The Morgan fingerprint density at radius 3 is 2.65 bits per heavy atom. The van der Waals surface area contributed by atoms with Crippen LogP contribution in [0.4, 0.5) is 0 Å². The molecule has 116 valence electrons. The first-order valence-corrected chi connectivity index (χ1v) is 8.50. The second-order valence-corrected chi connectivity index (χ2v) is 7.25. The Morgan fingerprint density at radius 2 is 2.00 bits per heavy atom. The second kappa shape index (κ2) is 7.56. The first-order chi connectivity index (χ1) is 9.56. The van der Waals surface area contributed by atoms with Crippen molar-refractivity contribution >= 4 is 5.78 Å². The van der Waals surface area contributed by atoms with E-state index in [-0.39, 0.29) is 0 Å². The van der Waals surface area contributed by atoms with Gasteiger partial charge in [-0.2, -0.15) is 0 Å². The molecule has 0 N–H and O–H groups in total. The van der Waals surface area contributed by atoms with Gasteiger partial charge < -0.3 is 9.80 Å². The molecule has 2 atom stereocenters. The quantitative estimate of drug-likeness (QED) is 0.747. The molecular formula is C17H32N2O. The number of Topliss-reactive ketones (excluding diaryl/α,β-unsaturated/α-hetero) is 1. The fraction of sp³-hybridized carbons (Fsp3) is 0.941. The Bertz CT molecular complexity index is 310. The van der Waals surface area contributed by atoms with Gasteiger partial charge in [-0.25, -0.2) is 0 Å². The van der Waals surface area contributed by atoms with Crippen LogP contribution in [0.3, 0.4) is 0 Å². The van der Waals surface area contributed by atoms with Crippen molar-refractivity contribution in [2.75, 3.05) is 39.8 Å². The van der Waals surface area contributed by atoms with Crippen LogP contribution in [0.25, 0.3) is 0 Å². The lowest BCUT2D eigenvalue weighted by Crippen LogP contribution is -2.39. The Hall–Kier alpha value is -0.410. The third-order valence-electron chi connectivity index (χ3n) is 5.28. The molecule has 0 spiro atoms. The molecule has 1 heterocycles. The van der Waals surface area contributed by atoms with Crippen molar-refractivity contribution in [2.45, 2.75) is 46.0 Å². The van der Waals surface area contributed by atoms with Crippen LogP contribution < -0.4 is 0 Å². The van der Waals surface area contributed by atoms with E-state index in [1.165, 1.54) is 32.5 Å². The molecular weight excluding hydrogens is 248 g/mol. The third kappa shape index (κ3) is 4.56. The topological polar surface area (TPSA) is 23.6 Å². The van der Waals surface area contributed by atoms with Crippen molar-refractivity contribution < 1.29 is 4.79 Å². The highest BCUT2D eigenvalue weighted by Gasteiger charge is 2.30. The summed E-state index contributed by atoms with van der Waals surface area (Å²) in [6.45, 7) is 10.4. The summed E-state index contributed by atoms with van der Waals surface area (Å²) in [4.78, 5) is 17.1. The molecule has 2 rings (SSSR count). The molecule has 0 aromatic heterocycles. The monoisotopic (exact) mass is 280 g/mol. The van der Waals surface area contributed by atoms with Gasteiger partial charge in [0.1, 0.15) is 5.78 Å². The van der Waals surface area contributed by atoms with Crippen LogP contribution >= 0.6 is 0 Å². The predicted molar refractivity (Wildman–Crippen MR) is 83.8 cm³/mol. The fourth-order valence-corrected chi connectivity index (χ4v) is 3.71. The maximum Gasteiger partial charge on any atom is 0.137 e. The molecule has 3 nitrogen and oxygen atoms in total. The molecule has 0 radical (unpaired) electrons. The number of carbonyl (C=O) groups excluding carboxylic acids is 1. The molecule has 0 aromatic carbocycles. The van der Waals surface area contributed by atoms with Crippen molar-refractivity contribution in [3.05, 3.63) is 0 Å². The van der Waals surface area contributed by atoms with Crippen LogP contribution in [0.15, 0.2) is 0 Å². The minimum absolute atomic E-state index is 0.291. The Morgan fingerprint density at radius 1 is 1.30 bits per heavy atom. The Balaban J connectivity index is 1.73. The van der Waals surface area contributed by atoms with Crippen molar-refractivity contribution in [3.63, 3.8) is 0 Å². The van der Waals surface area contributed by atoms with Gasteiger partial charge in [0, 0.05) is 32.0 Å². The lowest BCUT2D eigenvalue weighted by molar-refractivity contribution is -0.126. The largest absolute Gasteiger partial charge is 0.304 e. The summed E-state index contributed by atoms with van der Waals surface area (Å²) in [5, 5.41) is 0. The van der Waals surface area contributed by atoms with Crippen LogP contribution in [0, 0.1) is 17.8 Å². The third-order valence-corrected chi connectivity index (χ3v) is 5.28. The zero-order chi connectivity index (χ0) is 14.5. The number of likely N-dealkylation sites (tertiary alicyclic amines) is 1. The molecule has 1 saturated carbocycles.